The zero-order valence-corrected chi connectivity index (χ0v) is 10.0. The van der Waals surface area contributed by atoms with Crippen LogP contribution in [-0.2, 0) is 13.1 Å². The lowest BCUT2D eigenvalue weighted by molar-refractivity contribution is 0.0664. The summed E-state index contributed by atoms with van der Waals surface area (Å²) < 4.78 is 27.9. The van der Waals surface area contributed by atoms with Gasteiger partial charge in [-0.3, -0.25) is 4.57 Å². The van der Waals surface area contributed by atoms with Gasteiger partial charge in [0.25, 0.3) is 0 Å². The van der Waals surface area contributed by atoms with Crippen molar-refractivity contribution in [1.29, 1.82) is 0 Å². The Kier molecular flexibility index (Phi) is 4.03. The van der Waals surface area contributed by atoms with E-state index >= 15 is 0 Å². The number of imidazole rings is 2. The summed E-state index contributed by atoms with van der Waals surface area (Å²) in [5, 5.41) is 3.15. The zero-order valence-electron chi connectivity index (χ0n) is 10.0. The minimum atomic E-state index is -2.55. The van der Waals surface area contributed by atoms with Gasteiger partial charge < -0.3 is 9.88 Å². The van der Waals surface area contributed by atoms with Crippen molar-refractivity contribution in [2.75, 3.05) is 0 Å². The normalized spacial score (nSPS) is 13.1. The summed E-state index contributed by atoms with van der Waals surface area (Å²) in [4.78, 5) is 7.85. The molecule has 0 aromatic carbocycles. The summed E-state index contributed by atoms with van der Waals surface area (Å²) >= 11 is 0. The van der Waals surface area contributed by atoms with Gasteiger partial charge in [0.1, 0.15) is 5.82 Å². The summed E-state index contributed by atoms with van der Waals surface area (Å²) in [6.07, 6.45) is 7.94. The van der Waals surface area contributed by atoms with E-state index in [1.165, 1.54) is 12.4 Å². The fourth-order valence-electron chi connectivity index (χ4n) is 1.70. The van der Waals surface area contributed by atoms with Gasteiger partial charge in [0.2, 0.25) is 0 Å². The molecular formula is C11H15F2N5. The SMILES string of the molecule is CC(Cn1ccnc1)NCc1nccn1C(F)F. The predicted molar refractivity (Wildman–Crippen MR) is 62.0 cm³/mol. The molecule has 0 fully saturated rings. The average molecular weight is 255 g/mol. The lowest BCUT2D eigenvalue weighted by Crippen LogP contribution is -2.30. The molecular weight excluding hydrogens is 240 g/mol. The fourth-order valence-corrected chi connectivity index (χ4v) is 1.70. The summed E-state index contributed by atoms with van der Waals surface area (Å²) in [5.74, 6) is 0.336. The van der Waals surface area contributed by atoms with Gasteiger partial charge in [-0.25, -0.2) is 9.97 Å². The molecule has 18 heavy (non-hydrogen) atoms. The topological polar surface area (TPSA) is 47.7 Å². The molecule has 2 heterocycles. The second kappa shape index (κ2) is 5.72. The van der Waals surface area contributed by atoms with Crippen LogP contribution in [0, 0.1) is 0 Å². The molecule has 1 unspecified atom stereocenters. The van der Waals surface area contributed by atoms with Crippen molar-refractivity contribution in [2.24, 2.45) is 0 Å². The largest absolute Gasteiger partial charge is 0.336 e. The van der Waals surface area contributed by atoms with E-state index in [0.717, 1.165) is 11.1 Å². The van der Waals surface area contributed by atoms with Crippen LogP contribution in [0.5, 0.6) is 0 Å². The smallest absolute Gasteiger partial charge is 0.319 e. The minimum absolute atomic E-state index is 0.141. The first-order chi connectivity index (χ1) is 8.66. The van der Waals surface area contributed by atoms with Crippen LogP contribution in [0.3, 0.4) is 0 Å². The van der Waals surface area contributed by atoms with Crippen LogP contribution >= 0.6 is 0 Å². The maximum Gasteiger partial charge on any atom is 0.319 e. The zero-order chi connectivity index (χ0) is 13.0. The molecule has 1 atom stereocenters. The van der Waals surface area contributed by atoms with Crippen LogP contribution in [0.25, 0.3) is 0 Å². The molecule has 1 N–H and O–H groups in total. The standard InChI is InChI=1S/C11H15F2N5/c1-9(7-17-4-2-14-8-17)16-6-10-15-3-5-18(10)11(12)13/h2-5,8-9,11,16H,6-7H2,1H3. The van der Waals surface area contributed by atoms with Gasteiger partial charge in [0, 0.05) is 37.4 Å². The second-order valence-electron chi connectivity index (χ2n) is 4.07. The maximum atomic E-state index is 12.6. The third-order valence-electron chi connectivity index (χ3n) is 2.61. The highest BCUT2D eigenvalue weighted by Crippen LogP contribution is 2.12. The minimum Gasteiger partial charge on any atom is -0.336 e. The third kappa shape index (κ3) is 3.13. The van der Waals surface area contributed by atoms with Crippen molar-refractivity contribution in [3.8, 4) is 0 Å². The van der Waals surface area contributed by atoms with Gasteiger partial charge in [-0.15, -0.1) is 0 Å². The molecule has 0 aliphatic carbocycles. The monoisotopic (exact) mass is 255 g/mol. The summed E-state index contributed by atoms with van der Waals surface area (Å²) in [6.45, 7) is 0.478. The molecule has 0 radical (unpaired) electrons. The number of nitrogens with one attached hydrogen (secondary N) is 1. The summed E-state index contributed by atoms with van der Waals surface area (Å²) in [5.41, 5.74) is 0. The molecule has 2 rings (SSSR count). The van der Waals surface area contributed by atoms with Crippen LogP contribution in [-0.4, -0.2) is 25.1 Å². The number of alkyl halides is 2. The lowest BCUT2D eigenvalue weighted by atomic mass is 10.3. The van der Waals surface area contributed by atoms with Crippen molar-refractivity contribution in [1.82, 2.24) is 24.4 Å². The van der Waals surface area contributed by atoms with Crippen molar-refractivity contribution in [3.05, 3.63) is 36.9 Å². The highest BCUT2D eigenvalue weighted by molar-refractivity contribution is 4.92. The molecule has 98 valence electrons. The number of hydrogen-bond acceptors (Lipinski definition) is 3. The average Bonchev–Trinajstić information content (AvgIpc) is 2.96. The Morgan fingerprint density at radius 3 is 2.83 bits per heavy atom. The van der Waals surface area contributed by atoms with Gasteiger partial charge in [-0.1, -0.05) is 0 Å². The van der Waals surface area contributed by atoms with Crippen LogP contribution < -0.4 is 5.32 Å². The van der Waals surface area contributed by atoms with Crippen molar-refractivity contribution in [2.45, 2.75) is 32.6 Å². The van der Waals surface area contributed by atoms with Crippen molar-refractivity contribution < 1.29 is 8.78 Å². The maximum absolute atomic E-state index is 12.6. The van der Waals surface area contributed by atoms with E-state index in [4.69, 9.17) is 0 Å². The van der Waals surface area contributed by atoms with Gasteiger partial charge >= 0.3 is 6.55 Å². The molecule has 0 spiro atoms. The Labute approximate surface area is 103 Å². The van der Waals surface area contributed by atoms with E-state index in [-0.39, 0.29) is 6.04 Å². The highest BCUT2D eigenvalue weighted by Gasteiger charge is 2.11. The van der Waals surface area contributed by atoms with Crippen molar-refractivity contribution >= 4 is 0 Å². The van der Waals surface area contributed by atoms with E-state index in [1.807, 2.05) is 17.7 Å². The lowest BCUT2D eigenvalue weighted by Gasteiger charge is -2.14. The van der Waals surface area contributed by atoms with Gasteiger partial charge in [0.05, 0.1) is 12.9 Å². The second-order valence-corrected chi connectivity index (χ2v) is 4.07. The van der Waals surface area contributed by atoms with Crippen molar-refractivity contribution in [3.63, 3.8) is 0 Å². The fraction of sp³-hybridized carbons (Fsp3) is 0.455. The molecule has 0 saturated carbocycles. The van der Waals surface area contributed by atoms with Crippen LogP contribution in [0.2, 0.25) is 0 Å². The molecule has 5 nitrogen and oxygen atoms in total. The molecule has 0 saturated heterocycles. The number of nitrogens with zero attached hydrogens (tertiary/aromatic N) is 4. The Hall–Kier alpha value is -1.76. The summed E-state index contributed by atoms with van der Waals surface area (Å²) in [7, 11) is 0. The number of halogens is 2. The Morgan fingerprint density at radius 2 is 2.17 bits per heavy atom. The Balaban J connectivity index is 1.85. The number of aromatic nitrogens is 4. The van der Waals surface area contributed by atoms with Gasteiger partial charge in [-0.2, -0.15) is 8.78 Å². The Morgan fingerprint density at radius 1 is 1.33 bits per heavy atom. The molecule has 2 aromatic heterocycles. The summed E-state index contributed by atoms with van der Waals surface area (Å²) in [6, 6.07) is 0.141. The molecule has 2 aromatic rings. The molecule has 0 aliphatic heterocycles. The third-order valence-corrected chi connectivity index (χ3v) is 2.61. The Bertz CT molecular complexity index is 465. The van der Waals surface area contributed by atoms with Crippen LogP contribution in [0.4, 0.5) is 8.78 Å². The van der Waals surface area contributed by atoms with E-state index in [1.54, 1.807) is 12.5 Å². The van der Waals surface area contributed by atoms with E-state index in [9.17, 15) is 8.78 Å². The van der Waals surface area contributed by atoms with E-state index < -0.39 is 6.55 Å². The quantitative estimate of drug-likeness (QED) is 0.853. The highest BCUT2D eigenvalue weighted by atomic mass is 19.3. The van der Waals surface area contributed by atoms with Crippen LogP contribution in [0.15, 0.2) is 31.1 Å². The van der Waals surface area contributed by atoms with E-state index in [0.29, 0.717) is 12.4 Å². The molecule has 0 aliphatic rings. The first-order valence-electron chi connectivity index (χ1n) is 5.66. The first kappa shape index (κ1) is 12.7. The first-order valence-corrected chi connectivity index (χ1v) is 5.66. The van der Waals surface area contributed by atoms with Gasteiger partial charge in [0.15, 0.2) is 0 Å². The number of rotatable bonds is 6. The molecule has 0 amide bonds. The predicted octanol–water partition coefficient (Wildman–Crippen LogP) is 1.65. The molecule has 0 bridgehead atoms. The van der Waals surface area contributed by atoms with Crippen LogP contribution in [0.1, 0.15) is 19.3 Å². The van der Waals surface area contributed by atoms with Gasteiger partial charge in [-0.05, 0) is 6.92 Å². The van der Waals surface area contributed by atoms with E-state index in [2.05, 4.69) is 15.3 Å². The molecule has 7 heteroatoms. The number of hydrogen-bond donors (Lipinski definition) is 1.